The Bertz CT molecular complexity index is 317. The predicted molar refractivity (Wildman–Crippen MR) is 79.8 cm³/mol. The molecule has 1 fully saturated rings. The Morgan fingerprint density at radius 2 is 2.21 bits per heavy atom. The highest BCUT2D eigenvalue weighted by atomic mass is 16.2. The third-order valence-corrected chi connectivity index (χ3v) is 4.05. The first-order chi connectivity index (χ1) is 8.97. The van der Waals surface area contributed by atoms with Gasteiger partial charge in [-0.1, -0.05) is 19.1 Å². The van der Waals surface area contributed by atoms with Crippen molar-refractivity contribution in [1.29, 1.82) is 0 Å². The van der Waals surface area contributed by atoms with E-state index in [4.69, 9.17) is 5.73 Å². The van der Waals surface area contributed by atoms with Gasteiger partial charge in [-0.05, 0) is 45.2 Å². The van der Waals surface area contributed by atoms with Crippen molar-refractivity contribution in [3.63, 3.8) is 0 Å². The fourth-order valence-corrected chi connectivity index (χ4v) is 2.67. The van der Waals surface area contributed by atoms with E-state index in [1.165, 1.54) is 0 Å². The van der Waals surface area contributed by atoms with Crippen LogP contribution in [0.2, 0.25) is 0 Å². The maximum Gasteiger partial charge on any atom is 0.237 e. The van der Waals surface area contributed by atoms with E-state index >= 15 is 0 Å². The molecule has 110 valence electrons. The molecule has 2 unspecified atom stereocenters. The predicted octanol–water partition coefficient (Wildman–Crippen LogP) is 1.33. The highest BCUT2D eigenvalue weighted by Gasteiger charge is 2.27. The highest BCUT2D eigenvalue weighted by molar-refractivity contribution is 5.78. The quantitative estimate of drug-likeness (QED) is 0.739. The highest BCUT2D eigenvalue weighted by Crippen LogP contribution is 2.22. The smallest absolute Gasteiger partial charge is 0.237 e. The normalized spacial score (nSPS) is 24.2. The molecule has 1 aliphatic rings. The second-order valence-corrected chi connectivity index (χ2v) is 5.86. The Balaban J connectivity index is 2.49. The van der Waals surface area contributed by atoms with Gasteiger partial charge in [-0.25, -0.2) is 0 Å². The van der Waals surface area contributed by atoms with Gasteiger partial charge in [0.15, 0.2) is 0 Å². The van der Waals surface area contributed by atoms with Crippen LogP contribution in [0.15, 0.2) is 12.2 Å². The molecular formula is C15H29N3O. The van der Waals surface area contributed by atoms with Gasteiger partial charge in [0, 0.05) is 19.6 Å². The molecular weight excluding hydrogens is 238 g/mol. The van der Waals surface area contributed by atoms with E-state index in [0.29, 0.717) is 24.9 Å². The zero-order valence-corrected chi connectivity index (χ0v) is 12.7. The molecule has 1 amide bonds. The van der Waals surface area contributed by atoms with Crippen molar-refractivity contribution in [2.45, 2.75) is 27.2 Å². The van der Waals surface area contributed by atoms with Crippen molar-refractivity contribution in [1.82, 2.24) is 9.80 Å². The van der Waals surface area contributed by atoms with Crippen molar-refractivity contribution < 1.29 is 4.79 Å². The minimum absolute atomic E-state index is 0.204. The number of amides is 1. The lowest BCUT2D eigenvalue weighted by molar-refractivity contribution is -0.132. The minimum Gasteiger partial charge on any atom is -0.338 e. The van der Waals surface area contributed by atoms with E-state index in [2.05, 4.69) is 18.4 Å². The number of hydrogen-bond donors (Lipinski definition) is 1. The van der Waals surface area contributed by atoms with Gasteiger partial charge in [0.2, 0.25) is 5.91 Å². The van der Waals surface area contributed by atoms with E-state index in [1.54, 1.807) is 0 Å². The number of carbonyl (C=O) groups excluding carboxylic acids is 1. The van der Waals surface area contributed by atoms with E-state index < -0.39 is 0 Å². The number of rotatable bonds is 6. The van der Waals surface area contributed by atoms with Gasteiger partial charge in [0.25, 0.3) is 0 Å². The Hall–Kier alpha value is -0.870. The van der Waals surface area contributed by atoms with Crippen LogP contribution in [-0.2, 0) is 4.79 Å². The average molecular weight is 267 g/mol. The molecule has 1 saturated heterocycles. The number of likely N-dealkylation sites (tertiary alicyclic amines) is 1. The first kappa shape index (κ1) is 16.2. The van der Waals surface area contributed by atoms with Crippen LogP contribution >= 0.6 is 0 Å². The van der Waals surface area contributed by atoms with Crippen molar-refractivity contribution in [3.8, 4) is 0 Å². The summed E-state index contributed by atoms with van der Waals surface area (Å²) in [7, 11) is 0. The Labute approximate surface area is 117 Å². The molecule has 4 nitrogen and oxygen atoms in total. The number of likely N-dealkylation sites (N-methyl/N-ethyl adjacent to an activating group) is 1. The summed E-state index contributed by atoms with van der Waals surface area (Å²) in [5.41, 5.74) is 6.83. The largest absolute Gasteiger partial charge is 0.338 e. The summed E-state index contributed by atoms with van der Waals surface area (Å²) in [4.78, 5) is 16.4. The maximum absolute atomic E-state index is 12.3. The van der Waals surface area contributed by atoms with Gasteiger partial charge in [-0.2, -0.15) is 0 Å². The lowest BCUT2D eigenvalue weighted by Crippen LogP contribution is -2.47. The zero-order chi connectivity index (χ0) is 14.4. The van der Waals surface area contributed by atoms with Gasteiger partial charge >= 0.3 is 0 Å². The molecule has 0 saturated carbocycles. The second kappa shape index (κ2) is 7.65. The zero-order valence-electron chi connectivity index (χ0n) is 12.7. The number of nitrogens with zero attached hydrogens (tertiary/aromatic N) is 2. The molecule has 2 N–H and O–H groups in total. The molecule has 0 radical (unpaired) electrons. The van der Waals surface area contributed by atoms with Crippen LogP contribution in [0.1, 0.15) is 27.2 Å². The average Bonchev–Trinajstić information content (AvgIpc) is 2.37. The van der Waals surface area contributed by atoms with Crippen LogP contribution in [0.3, 0.4) is 0 Å². The van der Waals surface area contributed by atoms with E-state index in [-0.39, 0.29) is 5.91 Å². The summed E-state index contributed by atoms with van der Waals surface area (Å²) in [6, 6.07) is 0. The van der Waals surface area contributed by atoms with Crippen LogP contribution in [0, 0.1) is 11.8 Å². The summed E-state index contributed by atoms with van der Waals surface area (Å²) < 4.78 is 0. The topological polar surface area (TPSA) is 49.6 Å². The summed E-state index contributed by atoms with van der Waals surface area (Å²) in [5, 5.41) is 0. The first-order valence-corrected chi connectivity index (χ1v) is 7.32. The van der Waals surface area contributed by atoms with Gasteiger partial charge in [0.1, 0.15) is 0 Å². The molecule has 0 aromatic rings. The summed E-state index contributed by atoms with van der Waals surface area (Å²) >= 11 is 0. The van der Waals surface area contributed by atoms with Gasteiger partial charge in [-0.15, -0.1) is 0 Å². The summed E-state index contributed by atoms with van der Waals surface area (Å²) in [6.07, 6.45) is 1.14. The summed E-state index contributed by atoms with van der Waals surface area (Å²) in [6.45, 7) is 14.7. The number of nitrogens with two attached hydrogens (primary N) is 1. The molecule has 0 aromatic heterocycles. The fraction of sp³-hybridized carbons (Fsp3) is 0.800. The van der Waals surface area contributed by atoms with Crippen LogP contribution < -0.4 is 5.73 Å². The Kier molecular flexibility index (Phi) is 6.52. The number of hydrogen-bond acceptors (Lipinski definition) is 3. The minimum atomic E-state index is 0.204. The molecule has 0 spiro atoms. The Morgan fingerprint density at radius 3 is 2.74 bits per heavy atom. The maximum atomic E-state index is 12.3. The van der Waals surface area contributed by atoms with Gasteiger partial charge in [-0.3, -0.25) is 9.69 Å². The van der Waals surface area contributed by atoms with Crippen LogP contribution in [0.5, 0.6) is 0 Å². The van der Waals surface area contributed by atoms with E-state index in [9.17, 15) is 4.79 Å². The first-order valence-electron chi connectivity index (χ1n) is 7.32. The number of carbonyl (C=O) groups is 1. The van der Waals surface area contributed by atoms with Crippen molar-refractivity contribution >= 4 is 5.91 Å². The van der Waals surface area contributed by atoms with Crippen LogP contribution in [-0.4, -0.2) is 55.0 Å². The molecule has 2 atom stereocenters. The molecule has 0 aromatic carbocycles. The fourth-order valence-electron chi connectivity index (χ4n) is 2.67. The monoisotopic (exact) mass is 267 g/mol. The molecule has 1 heterocycles. The third kappa shape index (κ3) is 4.96. The molecule has 1 rings (SSSR count). The SMILES string of the molecule is C=C(C)CN(CC)C(=O)CN1CCC(C)C(CN)C1. The molecule has 0 bridgehead atoms. The second-order valence-electron chi connectivity index (χ2n) is 5.86. The molecule has 4 heteroatoms. The van der Waals surface area contributed by atoms with E-state index in [0.717, 1.165) is 38.2 Å². The van der Waals surface area contributed by atoms with Crippen LogP contribution in [0.25, 0.3) is 0 Å². The van der Waals surface area contributed by atoms with Crippen molar-refractivity contribution in [2.24, 2.45) is 17.6 Å². The van der Waals surface area contributed by atoms with Crippen LogP contribution in [0.4, 0.5) is 0 Å². The molecule has 19 heavy (non-hydrogen) atoms. The van der Waals surface area contributed by atoms with Crippen molar-refractivity contribution in [2.75, 3.05) is 39.3 Å². The standard InChI is InChI=1S/C15H29N3O/c1-5-18(9-12(2)3)15(19)11-17-7-6-13(4)14(8-16)10-17/h13-14H,2,5-11,16H2,1,3-4H3. The Morgan fingerprint density at radius 1 is 1.53 bits per heavy atom. The summed E-state index contributed by atoms with van der Waals surface area (Å²) in [5.74, 6) is 1.41. The lowest BCUT2D eigenvalue weighted by atomic mass is 9.87. The van der Waals surface area contributed by atoms with E-state index in [1.807, 2.05) is 18.7 Å². The molecule has 0 aliphatic carbocycles. The van der Waals surface area contributed by atoms with Gasteiger partial charge < -0.3 is 10.6 Å². The van der Waals surface area contributed by atoms with Gasteiger partial charge in [0.05, 0.1) is 6.54 Å². The van der Waals surface area contributed by atoms with Crippen molar-refractivity contribution in [3.05, 3.63) is 12.2 Å². The number of piperidine rings is 1. The third-order valence-electron chi connectivity index (χ3n) is 4.05. The lowest BCUT2D eigenvalue weighted by Gasteiger charge is -2.37. The molecule has 1 aliphatic heterocycles.